The molecule has 0 atom stereocenters. The average Bonchev–Trinajstić information content (AvgIpc) is 2.66. The van der Waals surface area contributed by atoms with E-state index in [1.54, 1.807) is 0 Å². The van der Waals surface area contributed by atoms with Crippen LogP contribution < -0.4 is 16.2 Å². The maximum atomic E-state index is 12.7. The number of H-pyrrole nitrogens is 1. The van der Waals surface area contributed by atoms with Crippen LogP contribution in [0.15, 0.2) is 40.0 Å². The van der Waals surface area contributed by atoms with Crippen LogP contribution in [0, 0.1) is 0 Å². The zero-order chi connectivity index (χ0) is 19.4. The lowest BCUT2D eigenvalue weighted by Crippen LogP contribution is -2.40. The minimum absolute atomic E-state index is 0.00580. The molecule has 2 heterocycles. The van der Waals surface area contributed by atoms with Crippen molar-refractivity contribution in [3.8, 4) is 0 Å². The molecule has 1 saturated heterocycles. The molecular formula is C15H16ClN5O5S. The van der Waals surface area contributed by atoms with Crippen LogP contribution >= 0.6 is 11.6 Å². The van der Waals surface area contributed by atoms with Crippen molar-refractivity contribution in [3.05, 3.63) is 45.7 Å². The first-order valence-electron chi connectivity index (χ1n) is 7.87. The van der Waals surface area contributed by atoms with Crippen molar-refractivity contribution in [2.24, 2.45) is 0 Å². The number of nitrogens with zero attached hydrogens (tertiary/aromatic N) is 2. The highest BCUT2D eigenvalue weighted by Crippen LogP contribution is 2.27. The number of aromatic amines is 1. The second-order valence-corrected chi connectivity index (χ2v) is 7.89. The fraction of sp³-hybridized carbons (Fsp3) is 0.267. The molecule has 3 rings (SSSR count). The molecular weight excluding hydrogens is 398 g/mol. The summed E-state index contributed by atoms with van der Waals surface area (Å²) >= 11 is 6.07. The molecule has 0 saturated carbocycles. The highest BCUT2D eigenvalue weighted by Gasteiger charge is 2.27. The molecule has 1 aliphatic heterocycles. The summed E-state index contributed by atoms with van der Waals surface area (Å²) in [5.74, 6) is 0.111. The highest BCUT2D eigenvalue weighted by atomic mass is 35.5. The zero-order valence-corrected chi connectivity index (χ0v) is 15.5. The Bertz CT molecular complexity index is 983. The number of carbonyl (C=O) groups excluding carboxylic acids is 1. The summed E-state index contributed by atoms with van der Waals surface area (Å²) in [5, 5.41) is 10.9. The van der Waals surface area contributed by atoms with E-state index in [0.29, 0.717) is 13.2 Å². The predicted octanol–water partition coefficient (Wildman–Crippen LogP) is 1.09. The minimum Gasteiger partial charge on any atom is -0.379 e. The second kappa shape index (κ2) is 8.05. The summed E-state index contributed by atoms with van der Waals surface area (Å²) < 4.78 is 31.9. The summed E-state index contributed by atoms with van der Waals surface area (Å²) in [5.41, 5.74) is -0.294. The number of aromatic nitrogens is 2. The number of nitrogens with one attached hydrogen (secondary N) is 3. The number of hydrogen-bond donors (Lipinski definition) is 3. The molecule has 12 heteroatoms. The van der Waals surface area contributed by atoms with Gasteiger partial charge in [0.2, 0.25) is 10.0 Å². The third kappa shape index (κ3) is 4.63. The molecule has 2 aromatic rings. The van der Waals surface area contributed by atoms with E-state index < -0.39 is 21.6 Å². The molecule has 144 valence electrons. The first-order chi connectivity index (χ1) is 12.9. The Morgan fingerprint density at radius 1 is 1.19 bits per heavy atom. The number of morpholine rings is 1. The van der Waals surface area contributed by atoms with E-state index in [1.807, 2.05) is 0 Å². The number of hydrogen-bond acceptors (Lipinski definition) is 6. The number of carbonyl (C=O) groups is 1. The molecule has 1 aromatic carbocycles. The van der Waals surface area contributed by atoms with Crippen molar-refractivity contribution in [1.82, 2.24) is 14.5 Å². The molecule has 3 N–H and O–H groups in total. The molecule has 2 amide bonds. The Balaban J connectivity index is 1.77. The molecule has 0 radical (unpaired) electrons. The van der Waals surface area contributed by atoms with Gasteiger partial charge in [0, 0.05) is 19.2 Å². The lowest BCUT2D eigenvalue weighted by atomic mass is 10.3. The number of amides is 2. The van der Waals surface area contributed by atoms with Crippen molar-refractivity contribution >= 4 is 39.2 Å². The van der Waals surface area contributed by atoms with Gasteiger partial charge in [-0.2, -0.15) is 9.40 Å². The third-order valence-electron chi connectivity index (χ3n) is 3.71. The van der Waals surface area contributed by atoms with Crippen LogP contribution in [0.4, 0.5) is 16.3 Å². The lowest BCUT2D eigenvalue weighted by Gasteiger charge is -2.26. The lowest BCUT2D eigenvalue weighted by molar-refractivity contribution is 0.0730. The number of urea groups is 1. The zero-order valence-electron chi connectivity index (χ0n) is 13.9. The topological polar surface area (TPSA) is 133 Å². The Morgan fingerprint density at radius 2 is 1.93 bits per heavy atom. The van der Waals surface area contributed by atoms with Gasteiger partial charge in [-0.05, 0) is 24.3 Å². The van der Waals surface area contributed by atoms with Gasteiger partial charge >= 0.3 is 6.03 Å². The monoisotopic (exact) mass is 413 g/mol. The van der Waals surface area contributed by atoms with Gasteiger partial charge in [-0.3, -0.25) is 10.1 Å². The molecule has 27 heavy (non-hydrogen) atoms. The maximum Gasteiger partial charge on any atom is 0.324 e. The smallest absolute Gasteiger partial charge is 0.324 e. The van der Waals surface area contributed by atoms with Gasteiger partial charge in [-0.15, -0.1) is 0 Å². The summed E-state index contributed by atoms with van der Waals surface area (Å²) in [6.45, 7) is 1.16. The fourth-order valence-electron chi connectivity index (χ4n) is 2.38. The standard InChI is InChI=1S/C15H16ClN5O5S/c16-11-2-1-10(27(24,25)21-5-7-26-8-6-21)9-12(11)17-15(23)18-13-3-4-14(22)20-19-13/h1-4,9H,5-8H2,(H,20,22)(H2,17,18,19,23). The van der Waals surface area contributed by atoms with Gasteiger partial charge < -0.3 is 10.1 Å². The maximum absolute atomic E-state index is 12.7. The summed E-state index contributed by atoms with van der Waals surface area (Å²) in [6, 6.07) is 5.87. The largest absolute Gasteiger partial charge is 0.379 e. The van der Waals surface area contributed by atoms with Crippen LogP contribution in [0.25, 0.3) is 0 Å². The Kier molecular flexibility index (Phi) is 5.75. The van der Waals surface area contributed by atoms with Crippen LogP contribution in [0.1, 0.15) is 0 Å². The number of sulfonamides is 1. The van der Waals surface area contributed by atoms with Gasteiger partial charge in [0.15, 0.2) is 5.82 Å². The Morgan fingerprint density at radius 3 is 2.59 bits per heavy atom. The molecule has 0 aliphatic carbocycles. The van der Waals surface area contributed by atoms with E-state index in [2.05, 4.69) is 20.8 Å². The van der Waals surface area contributed by atoms with E-state index in [0.717, 1.165) is 0 Å². The molecule has 1 aliphatic rings. The van der Waals surface area contributed by atoms with Crippen LogP contribution in [0.2, 0.25) is 5.02 Å². The molecule has 1 fully saturated rings. The van der Waals surface area contributed by atoms with Crippen molar-refractivity contribution in [2.75, 3.05) is 36.9 Å². The quantitative estimate of drug-likeness (QED) is 0.687. The molecule has 0 bridgehead atoms. The third-order valence-corrected chi connectivity index (χ3v) is 5.94. The second-order valence-electron chi connectivity index (χ2n) is 5.54. The Hall–Kier alpha value is -2.47. The molecule has 10 nitrogen and oxygen atoms in total. The molecule has 1 aromatic heterocycles. The molecule has 0 spiro atoms. The molecule has 0 unspecified atom stereocenters. The van der Waals surface area contributed by atoms with E-state index in [4.69, 9.17) is 16.3 Å². The SMILES string of the molecule is O=C(Nc1ccc(=O)[nH]n1)Nc1cc(S(=O)(=O)N2CCOCC2)ccc1Cl. The predicted molar refractivity (Wildman–Crippen MR) is 98.5 cm³/mol. The number of anilines is 2. The van der Waals surface area contributed by atoms with Gasteiger partial charge in [-0.25, -0.2) is 18.3 Å². The van der Waals surface area contributed by atoms with Crippen molar-refractivity contribution in [2.45, 2.75) is 4.90 Å². The van der Waals surface area contributed by atoms with Crippen LogP contribution in [-0.2, 0) is 14.8 Å². The number of halogens is 1. The first-order valence-corrected chi connectivity index (χ1v) is 9.69. The highest BCUT2D eigenvalue weighted by molar-refractivity contribution is 7.89. The minimum atomic E-state index is -3.73. The average molecular weight is 414 g/mol. The fourth-order valence-corrected chi connectivity index (χ4v) is 3.98. The van der Waals surface area contributed by atoms with Gasteiger partial charge in [-0.1, -0.05) is 11.6 Å². The number of rotatable bonds is 4. The van der Waals surface area contributed by atoms with E-state index in [-0.39, 0.29) is 34.5 Å². The normalized spacial score (nSPS) is 15.3. The van der Waals surface area contributed by atoms with Crippen LogP contribution in [-0.4, -0.2) is 55.3 Å². The van der Waals surface area contributed by atoms with E-state index in [1.165, 1.54) is 34.6 Å². The van der Waals surface area contributed by atoms with E-state index in [9.17, 15) is 18.0 Å². The van der Waals surface area contributed by atoms with Gasteiger partial charge in [0.25, 0.3) is 5.56 Å². The van der Waals surface area contributed by atoms with Crippen molar-refractivity contribution in [3.63, 3.8) is 0 Å². The Labute approximate surface area is 159 Å². The van der Waals surface area contributed by atoms with Crippen LogP contribution in [0.5, 0.6) is 0 Å². The van der Waals surface area contributed by atoms with Crippen LogP contribution in [0.3, 0.4) is 0 Å². The summed E-state index contributed by atoms with van der Waals surface area (Å²) in [4.78, 5) is 23.1. The first kappa shape index (κ1) is 19.3. The van der Waals surface area contributed by atoms with E-state index >= 15 is 0 Å². The summed E-state index contributed by atoms with van der Waals surface area (Å²) in [7, 11) is -3.73. The number of benzene rings is 1. The number of ether oxygens (including phenoxy) is 1. The van der Waals surface area contributed by atoms with Gasteiger partial charge in [0.1, 0.15) is 0 Å². The van der Waals surface area contributed by atoms with Crippen molar-refractivity contribution < 1.29 is 17.9 Å². The van der Waals surface area contributed by atoms with Crippen molar-refractivity contribution in [1.29, 1.82) is 0 Å². The summed E-state index contributed by atoms with van der Waals surface area (Å²) in [6.07, 6.45) is 0. The van der Waals surface area contributed by atoms with Gasteiger partial charge in [0.05, 0.1) is 28.8 Å².